The maximum absolute atomic E-state index is 13.2. The Morgan fingerprint density at radius 2 is 1.68 bits per heavy atom. The molecular formula is C23H18FNO3. The Morgan fingerprint density at radius 1 is 0.929 bits per heavy atom. The normalized spacial score (nSPS) is 10.6. The van der Waals surface area contributed by atoms with Crippen molar-refractivity contribution in [3.8, 4) is 5.75 Å². The van der Waals surface area contributed by atoms with Gasteiger partial charge in [0.15, 0.2) is 5.78 Å². The molecule has 0 aliphatic rings. The van der Waals surface area contributed by atoms with E-state index >= 15 is 0 Å². The number of ether oxygens (including phenoxy) is 1. The van der Waals surface area contributed by atoms with Crippen molar-refractivity contribution in [3.05, 3.63) is 101 Å². The molecule has 1 N–H and O–H groups in total. The highest BCUT2D eigenvalue weighted by Gasteiger charge is 2.07. The summed E-state index contributed by atoms with van der Waals surface area (Å²) in [5.41, 5.74) is 2.11. The molecule has 0 radical (unpaired) electrons. The van der Waals surface area contributed by atoms with Crippen LogP contribution in [0.2, 0.25) is 0 Å². The second-order valence-electron chi connectivity index (χ2n) is 6.02. The van der Waals surface area contributed by atoms with E-state index in [4.69, 9.17) is 4.74 Å². The zero-order valence-corrected chi connectivity index (χ0v) is 15.2. The van der Waals surface area contributed by atoms with Gasteiger partial charge in [0.25, 0.3) is 5.91 Å². The van der Waals surface area contributed by atoms with Crippen LogP contribution in [0.5, 0.6) is 5.75 Å². The lowest BCUT2D eigenvalue weighted by Crippen LogP contribution is -2.11. The molecule has 0 bridgehead atoms. The van der Waals surface area contributed by atoms with Crippen LogP contribution in [0, 0.1) is 5.82 Å². The van der Waals surface area contributed by atoms with Crippen molar-refractivity contribution in [1.29, 1.82) is 0 Å². The van der Waals surface area contributed by atoms with Gasteiger partial charge in [0, 0.05) is 16.8 Å². The first kappa shape index (κ1) is 19.0. The number of methoxy groups -OCH3 is 1. The summed E-state index contributed by atoms with van der Waals surface area (Å²) in [7, 11) is 1.56. The minimum atomic E-state index is -0.456. The Labute approximate surface area is 162 Å². The molecule has 5 heteroatoms. The number of hydrogen-bond donors (Lipinski definition) is 1. The Bertz CT molecular complexity index is 1030. The molecule has 0 aliphatic heterocycles. The third-order valence-electron chi connectivity index (χ3n) is 4.03. The Hall–Kier alpha value is -3.73. The van der Waals surface area contributed by atoms with Gasteiger partial charge in [-0.2, -0.15) is 0 Å². The molecule has 28 heavy (non-hydrogen) atoms. The van der Waals surface area contributed by atoms with Crippen LogP contribution < -0.4 is 10.1 Å². The second kappa shape index (κ2) is 8.77. The van der Waals surface area contributed by atoms with Crippen molar-refractivity contribution in [3.63, 3.8) is 0 Å². The van der Waals surface area contributed by atoms with Crippen molar-refractivity contribution in [1.82, 2.24) is 0 Å². The Balaban J connectivity index is 1.69. The lowest BCUT2D eigenvalue weighted by molar-refractivity contribution is 0.102. The fourth-order valence-corrected chi connectivity index (χ4v) is 2.58. The summed E-state index contributed by atoms with van der Waals surface area (Å²) in [6.45, 7) is 0. The number of carbonyl (C=O) groups excluding carboxylic acids is 2. The van der Waals surface area contributed by atoms with E-state index in [-0.39, 0.29) is 17.3 Å². The molecule has 0 aromatic heterocycles. The zero-order valence-electron chi connectivity index (χ0n) is 15.2. The van der Waals surface area contributed by atoms with Crippen molar-refractivity contribution < 1.29 is 18.7 Å². The first-order chi connectivity index (χ1) is 13.5. The van der Waals surface area contributed by atoms with Gasteiger partial charge in [-0.25, -0.2) is 4.39 Å². The van der Waals surface area contributed by atoms with E-state index in [9.17, 15) is 14.0 Å². The minimum absolute atomic E-state index is 0.250. The summed E-state index contributed by atoms with van der Waals surface area (Å²) in [5.74, 6) is -0.332. The predicted octanol–water partition coefficient (Wildman–Crippen LogP) is 4.98. The molecule has 1 amide bonds. The number of carbonyl (C=O) groups is 2. The molecule has 0 atom stereocenters. The maximum Gasteiger partial charge on any atom is 0.255 e. The van der Waals surface area contributed by atoms with E-state index in [1.165, 1.54) is 24.3 Å². The van der Waals surface area contributed by atoms with Gasteiger partial charge in [0.1, 0.15) is 11.6 Å². The monoisotopic (exact) mass is 375 g/mol. The van der Waals surface area contributed by atoms with E-state index in [0.717, 1.165) is 5.56 Å². The van der Waals surface area contributed by atoms with Crippen LogP contribution in [0.15, 0.2) is 78.9 Å². The number of amides is 1. The fraction of sp³-hybridized carbons (Fsp3) is 0.0435. The van der Waals surface area contributed by atoms with Gasteiger partial charge in [-0.3, -0.25) is 9.59 Å². The smallest absolute Gasteiger partial charge is 0.255 e. The highest BCUT2D eigenvalue weighted by atomic mass is 19.1. The van der Waals surface area contributed by atoms with E-state index in [2.05, 4.69) is 5.32 Å². The average Bonchev–Trinajstić information content (AvgIpc) is 2.72. The summed E-state index contributed by atoms with van der Waals surface area (Å²) in [5, 5.41) is 2.81. The predicted molar refractivity (Wildman–Crippen MR) is 107 cm³/mol. The van der Waals surface area contributed by atoms with E-state index < -0.39 is 5.82 Å². The lowest BCUT2D eigenvalue weighted by atomic mass is 10.1. The van der Waals surface area contributed by atoms with Crippen LogP contribution in [0.1, 0.15) is 26.3 Å². The third kappa shape index (κ3) is 4.92. The second-order valence-corrected chi connectivity index (χ2v) is 6.02. The topological polar surface area (TPSA) is 55.4 Å². The van der Waals surface area contributed by atoms with Crippen LogP contribution >= 0.6 is 0 Å². The van der Waals surface area contributed by atoms with Crippen molar-refractivity contribution >= 4 is 23.5 Å². The summed E-state index contributed by atoms with van der Waals surface area (Å²) in [4.78, 5) is 24.5. The lowest BCUT2D eigenvalue weighted by Gasteiger charge is -2.07. The summed E-state index contributed by atoms with van der Waals surface area (Å²) >= 11 is 0. The molecule has 0 unspecified atom stereocenters. The molecule has 3 aromatic rings. The third-order valence-corrected chi connectivity index (χ3v) is 4.03. The molecule has 0 heterocycles. The summed E-state index contributed by atoms with van der Waals surface area (Å²) in [6.07, 6.45) is 3.00. The molecule has 140 valence electrons. The minimum Gasteiger partial charge on any atom is -0.497 e. The molecule has 0 aliphatic carbocycles. The maximum atomic E-state index is 13.2. The van der Waals surface area contributed by atoms with Crippen LogP contribution in [0.25, 0.3) is 6.08 Å². The zero-order chi connectivity index (χ0) is 19.9. The van der Waals surface area contributed by atoms with Crippen molar-refractivity contribution in [2.45, 2.75) is 0 Å². The highest BCUT2D eigenvalue weighted by molar-refractivity contribution is 6.07. The molecular weight excluding hydrogens is 357 g/mol. The number of benzene rings is 3. The molecule has 0 saturated carbocycles. The number of halogens is 1. The number of anilines is 1. The standard InChI is InChI=1S/C23H18FNO3/c1-28-21-11-9-17(10-12-21)23(27)25-20-7-2-4-16(14-20)8-13-22(26)18-5-3-6-19(24)15-18/h2-15H,1H3,(H,25,27)/b13-8+. The van der Waals surface area contributed by atoms with E-state index in [1.54, 1.807) is 67.8 Å². The van der Waals surface area contributed by atoms with Gasteiger partial charge in [0.05, 0.1) is 7.11 Å². The van der Waals surface area contributed by atoms with E-state index in [0.29, 0.717) is 17.0 Å². The number of nitrogens with one attached hydrogen (secondary N) is 1. The molecule has 0 fully saturated rings. The van der Waals surface area contributed by atoms with Crippen LogP contribution in [0.3, 0.4) is 0 Å². The average molecular weight is 375 g/mol. The molecule has 4 nitrogen and oxygen atoms in total. The van der Waals surface area contributed by atoms with Gasteiger partial charge in [-0.15, -0.1) is 0 Å². The van der Waals surface area contributed by atoms with Crippen LogP contribution in [-0.4, -0.2) is 18.8 Å². The molecule has 0 spiro atoms. The summed E-state index contributed by atoms with van der Waals surface area (Å²) < 4.78 is 18.3. The molecule has 3 aromatic carbocycles. The number of ketones is 1. The van der Waals surface area contributed by atoms with Gasteiger partial charge in [-0.1, -0.05) is 30.3 Å². The van der Waals surface area contributed by atoms with Gasteiger partial charge in [-0.05, 0) is 60.2 Å². The van der Waals surface area contributed by atoms with Crippen LogP contribution in [-0.2, 0) is 0 Å². The largest absolute Gasteiger partial charge is 0.497 e. The van der Waals surface area contributed by atoms with Gasteiger partial charge < -0.3 is 10.1 Å². The quantitative estimate of drug-likeness (QED) is 0.488. The first-order valence-electron chi connectivity index (χ1n) is 8.58. The van der Waals surface area contributed by atoms with Gasteiger partial charge in [0.2, 0.25) is 0 Å². The molecule has 0 saturated heterocycles. The first-order valence-corrected chi connectivity index (χ1v) is 8.58. The number of rotatable bonds is 6. The van der Waals surface area contributed by atoms with Crippen molar-refractivity contribution in [2.24, 2.45) is 0 Å². The highest BCUT2D eigenvalue weighted by Crippen LogP contribution is 2.16. The van der Waals surface area contributed by atoms with Gasteiger partial charge >= 0.3 is 0 Å². The molecule has 3 rings (SSSR count). The Morgan fingerprint density at radius 3 is 2.39 bits per heavy atom. The summed E-state index contributed by atoms with van der Waals surface area (Å²) in [6, 6.07) is 19.4. The number of allylic oxidation sites excluding steroid dienone is 1. The van der Waals surface area contributed by atoms with Crippen LogP contribution in [0.4, 0.5) is 10.1 Å². The van der Waals surface area contributed by atoms with E-state index in [1.807, 2.05) is 0 Å². The fourth-order valence-electron chi connectivity index (χ4n) is 2.58. The van der Waals surface area contributed by atoms with Crippen molar-refractivity contribution in [2.75, 3.05) is 12.4 Å². The Kier molecular flexibility index (Phi) is 5.97. The SMILES string of the molecule is COc1ccc(C(=O)Nc2cccc(/C=C/C(=O)c3cccc(F)c3)c2)cc1. The number of hydrogen-bond acceptors (Lipinski definition) is 3.